The van der Waals surface area contributed by atoms with Crippen LogP contribution in [0.25, 0.3) is 16.9 Å². The van der Waals surface area contributed by atoms with Gasteiger partial charge in [0.1, 0.15) is 0 Å². The molecule has 3 aromatic rings. The van der Waals surface area contributed by atoms with E-state index in [0.29, 0.717) is 5.69 Å². The molecule has 3 rings (SSSR count). The van der Waals surface area contributed by atoms with Gasteiger partial charge >= 0.3 is 5.97 Å². The van der Waals surface area contributed by atoms with Crippen molar-refractivity contribution in [2.45, 2.75) is 0 Å². The third-order valence-corrected chi connectivity index (χ3v) is 3.42. The highest BCUT2D eigenvalue weighted by Crippen LogP contribution is 2.22. The van der Waals surface area contributed by atoms with Crippen LogP contribution in [0.5, 0.6) is 0 Å². The lowest BCUT2D eigenvalue weighted by Crippen LogP contribution is -2.06. The zero-order valence-corrected chi connectivity index (χ0v) is 10.7. The molecule has 19 heavy (non-hydrogen) atoms. The maximum atomic E-state index is 11.3. The van der Waals surface area contributed by atoms with E-state index in [2.05, 4.69) is 5.10 Å². The van der Waals surface area contributed by atoms with Gasteiger partial charge in [0.25, 0.3) is 0 Å². The molecule has 0 fully saturated rings. The lowest BCUT2D eigenvalue weighted by molar-refractivity contribution is 0.0687. The number of nitrogens with zero attached hydrogens (tertiary/aromatic N) is 2. The van der Waals surface area contributed by atoms with Gasteiger partial charge in [-0.25, -0.2) is 9.48 Å². The van der Waals surface area contributed by atoms with Crippen LogP contribution in [0.3, 0.4) is 0 Å². The molecule has 0 saturated heterocycles. The summed E-state index contributed by atoms with van der Waals surface area (Å²) in [6.45, 7) is 0. The van der Waals surface area contributed by atoms with Crippen LogP contribution in [0.4, 0.5) is 0 Å². The van der Waals surface area contributed by atoms with Crippen LogP contribution < -0.4 is 0 Å². The SMILES string of the molecule is O=C(O)c1cc(-c2ccccc2)nn1-c1ccsc1. The van der Waals surface area contributed by atoms with Crippen molar-refractivity contribution >= 4 is 17.3 Å². The Hall–Kier alpha value is -2.40. The van der Waals surface area contributed by atoms with E-state index in [1.807, 2.05) is 47.2 Å². The quantitative estimate of drug-likeness (QED) is 0.794. The Morgan fingerprint density at radius 1 is 1.21 bits per heavy atom. The van der Waals surface area contributed by atoms with Crippen molar-refractivity contribution < 1.29 is 9.90 Å². The summed E-state index contributed by atoms with van der Waals surface area (Å²) >= 11 is 1.51. The molecule has 0 aliphatic rings. The minimum atomic E-state index is -0.985. The third kappa shape index (κ3) is 2.15. The molecule has 2 heterocycles. The van der Waals surface area contributed by atoms with Crippen LogP contribution in [0.2, 0.25) is 0 Å². The summed E-state index contributed by atoms with van der Waals surface area (Å²) in [5, 5.41) is 17.4. The predicted octanol–water partition coefficient (Wildman–Crippen LogP) is 3.30. The van der Waals surface area contributed by atoms with E-state index in [1.54, 1.807) is 6.07 Å². The van der Waals surface area contributed by atoms with Gasteiger partial charge in [-0.3, -0.25) is 0 Å². The monoisotopic (exact) mass is 270 g/mol. The molecular formula is C14H10N2O2S. The number of hydrogen-bond donors (Lipinski definition) is 1. The minimum Gasteiger partial charge on any atom is -0.477 e. The second-order valence-electron chi connectivity index (χ2n) is 3.98. The fraction of sp³-hybridized carbons (Fsp3) is 0. The summed E-state index contributed by atoms with van der Waals surface area (Å²) in [6, 6.07) is 13.0. The van der Waals surface area contributed by atoms with E-state index in [9.17, 15) is 9.90 Å². The Morgan fingerprint density at radius 2 is 2.00 bits per heavy atom. The van der Waals surface area contributed by atoms with E-state index < -0.39 is 5.97 Å². The summed E-state index contributed by atoms with van der Waals surface area (Å²) < 4.78 is 1.46. The third-order valence-electron chi connectivity index (χ3n) is 2.75. The molecule has 1 N–H and O–H groups in total. The second kappa shape index (κ2) is 4.70. The molecule has 0 atom stereocenters. The number of aromatic carboxylic acids is 1. The summed E-state index contributed by atoms with van der Waals surface area (Å²) in [4.78, 5) is 11.3. The number of carboxylic acid groups (broad SMARTS) is 1. The van der Waals surface area contributed by atoms with Crippen LogP contribution in [0.1, 0.15) is 10.5 Å². The molecule has 0 radical (unpaired) electrons. The standard InChI is InChI=1S/C14H10N2O2S/c17-14(18)13-8-12(10-4-2-1-3-5-10)15-16(13)11-6-7-19-9-11/h1-9H,(H,17,18). The Kier molecular flexibility index (Phi) is 2.89. The fourth-order valence-corrected chi connectivity index (χ4v) is 2.47. The first-order valence-electron chi connectivity index (χ1n) is 5.67. The number of benzene rings is 1. The minimum absolute atomic E-state index is 0.164. The van der Waals surface area contributed by atoms with Gasteiger partial charge in [0, 0.05) is 10.9 Å². The summed E-state index contributed by atoms with van der Waals surface area (Å²) in [5.74, 6) is -0.985. The molecule has 0 aliphatic carbocycles. The number of rotatable bonds is 3. The highest BCUT2D eigenvalue weighted by atomic mass is 32.1. The first-order valence-corrected chi connectivity index (χ1v) is 6.61. The first-order chi connectivity index (χ1) is 9.25. The lowest BCUT2D eigenvalue weighted by Gasteiger charge is -2.00. The van der Waals surface area contributed by atoms with Crippen molar-refractivity contribution in [2.24, 2.45) is 0 Å². The van der Waals surface area contributed by atoms with Crippen LogP contribution in [-0.2, 0) is 0 Å². The van der Waals surface area contributed by atoms with Crippen molar-refractivity contribution in [3.8, 4) is 16.9 Å². The van der Waals surface area contributed by atoms with Crippen molar-refractivity contribution in [3.63, 3.8) is 0 Å². The zero-order valence-electron chi connectivity index (χ0n) is 9.85. The molecule has 94 valence electrons. The normalized spacial score (nSPS) is 10.5. The van der Waals surface area contributed by atoms with Crippen molar-refractivity contribution in [1.82, 2.24) is 9.78 Å². The van der Waals surface area contributed by atoms with E-state index in [1.165, 1.54) is 16.0 Å². The fourth-order valence-electron chi connectivity index (χ4n) is 1.86. The lowest BCUT2D eigenvalue weighted by atomic mass is 10.1. The molecule has 0 unspecified atom stereocenters. The Bertz CT molecular complexity index is 702. The average Bonchev–Trinajstić information content (AvgIpc) is 3.08. The van der Waals surface area contributed by atoms with E-state index in [0.717, 1.165) is 11.3 Å². The largest absolute Gasteiger partial charge is 0.477 e. The van der Waals surface area contributed by atoms with Gasteiger partial charge in [-0.15, -0.1) is 0 Å². The molecule has 5 heteroatoms. The number of thiophene rings is 1. The van der Waals surface area contributed by atoms with Crippen LogP contribution in [0.15, 0.2) is 53.2 Å². The van der Waals surface area contributed by atoms with Gasteiger partial charge in [0.2, 0.25) is 0 Å². The predicted molar refractivity (Wildman–Crippen MR) is 73.8 cm³/mol. The summed E-state index contributed by atoms with van der Waals surface area (Å²) in [6.07, 6.45) is 0. The van der Waals surface area contributed by atoms with Crippen molar-refractivity contribution in [3.05, 3.63) is 58.9 Å². The molecule has 0 amide bonds. The molecule has 0 saturated carbocycles. The van der Waals surface area contributed by atoms with Gasteiger partial charge in [-0.05, 0) is 17.5 Å². The van der Waals surface area contributed by atoms with Gasteiger partial charge in [0.15, 0.2) is 5.69 Å². The Labute approximate surface area is 113 Å². The van der Waals surface area contributed by atoms with Crippen molar-refractivity contribution in [1.29, 1.82) is 0 Å². The molecular weight excluding hydrogens is 260 g/mol. The summed E-state index contributed by atoms with van der Waals surface area (Å²) in [7, 11) is 0. The Balaban J connectivity index is 2.15. The molecule has 1 aromatic carbocycles. The zero-order chi connectivity index (χ0) is 13.2. The topological polar surface area (TPSA) is 55.1 Å². The maximum Gasteiger partial charge on any atom is 0.354 e. The Morgan fingerprint density at radius 3 is 2.63 bits per heavy atom. The van der Waals surface area contributed by atoms with Gasteiger partial charge < -0.3 is 5.11 Å². The van der Waals surface area contributed by atoms with Gasteiger partial charge in [-0.2, -0.15) is 16.4 Å². The van der Waals surface area contributed by atoms with Gasteiger partial charge in [-0.1, -0.05) is 30.3 Å². The van der Waals surface area contributed by atoms with Crippen LogP contribution in [0, 0.1) is 0 Å². The maximum absolute atomic E-state index is 11.3. The molecule has 0 bridgehead atoms. The number of carbonyl (C=O) groups is 1. The second-order valence-corrected chi connectivity index (χ2v) is 4.76. The summed E-state index contributed by atoms with van der Waals surface area (Å²) in [5.41, 5.74) is 2.49. The number of carboxylic acids is 1. The molecule has 2 aromatic heterocycles. The molecule has 0 aliphatic heterocycles. The average molecular weight is 270 g/mol. The highest BCUT2D eigenvalue weighted by molar-refractivity contribution is 7.08. The van der Waals surface area contributed by atoms with E-state index in [4.69, 9.17) is 0 Å². The van der Waals surface area contributed by atoms with Crippen molar-refractivity contribution in [2.75, 3.05) is 0 Å². The molecule has 0 spiro atoms. The molecule has 4 nitrogen and oxygen atoms in total. The van der Waals surface area contributed by atoms with E-state index in [-0.39, 0.29) is 5.69 Å². The smallest absolute Gasteiger partial charge is 0.354 e. The van der Waals surface area contributed by atoms with Gasteiger partial charge in [0.05, 0.1) is 11.4 Å². The highest BCUT2D eigenvalue weighted by Gasteiger charge is 2.16. The number of aromatic nitrogens is 2. The van der Waals surface area contributed by atoms with Crippen LogP contribution >= 0.6 is 11.3 Å². The first kappa shape index (κ1) is 11.7. The van der Waals surface area contributed by atoms with E-state index >= 15 is 0 Å². The van der Waals surface area contributed by atoms with Crippen LogP contribution in [-0.4, -0.2) is 20.9 Å². The number of hydrogen-bond acceptors (Lipinski definition) is 3.